The number of halogens is 3. The second-order valence-corrected chi connectivity index (χ2v) is 9.09. The van der Waals surface area contributed by atoms with Crippen LogP contribution in [0.15, 0.2) is 36.0 Å². The van der Waals surface area contributed by atoms with Crippen LogP contribution in [0.5, 0.6) is 0 Å². The Morgan fingerprint density at radius 2 is 2.06 bits per heavy atom. The van der Waals surface area contributed by atoms with E-state index in [1.807, 2.05) is 6.07 Å². The van der Waals surface area contributed by atoms with Crippen molar-refractivity contribution in [3.63, 3.8) is 0 Å². The van der Waals surface area contributed by atoms with Gasteiger partial charge in [-0.15, -0.1) is 11.3 Å². The number of hydrogen-bond donors (Lipinski definition) is 3. The highest BCUT2D eigenvalue weighted by molar-refractivity contribution is 7.09. The van der Waals surface area contributed by atoms with Crippen LogP contribution in [0.4, 0.5) is 19.0 Å². The van der Waals surface area contributed by atoms with Gasteiger partial charge in [0.25, 0.3) is 0 Å². The SMILES string of the molecule is CC(C)(c1nccs1)C(CC(=O)O)Nc1nc(-c2c[nH]c3c(F)cc(F)cc23)c(C#N)cc1F. The Morgan fingerprint density at radius 1 is 1.29 bits per heavy atom. The summed E-state index contributed by atoms with van der Waals surface area (Å²) in [6.45, 7) is 3.56. The van der Waals surface area contributed by atoms with Gasteiger partial charge >= 0.3 is 5.97 Å². The number of carbonyl (C=O) groups is 1. The minimum absolute atomic E-state index is 0.00887. The highest BCUT2D eigenvalue weighted by Crippen LogP contribution is 2.36. The maximum Gasteiger partial charge on any atom is 0.305 e. The van der Waals surface area contributed by atoms with Crippen LogP contribution in [0.25, 0.3) is 22.2 Å². The van der Waals surface area contributed by atoms with Crippen molar-refractivity contribution >= 4 is 34.0 Å². The summed E-state index contributed by atoms with van der Waals surface area (Å²) in [6, 6.07) is 3.78. The van der Waals surface area contributed by atoms with Crippen molar-refractivity contribution in [1.82, 2.24) is 15.0 Å². The zero-order chi connectivity index (χ0) is 24.6. The average molecular weight is 485 g/mol. The Balaban J connectivity index is 1.83. The quantitative estimate of drug-likeness (QED) is 0.331. The molecule has 0 fully saturated rings. The number of pyridine rings is 1. The normalized spacial score (nSPS) is 12.5. The fourth-order valence-corrected chi connectivity index (χ4v) is 4.57. The molecule has 4 rings (SSSR count). The second kappa shape index (κ2) is 8.79. The highest BCUT2D eigenvalue weighted by Gasteiger charge is 2.36. The summed E-state index contributed by atoms with van der Waals surface area (Å²) in [5.41, 5.74) is -0.773. The van der Waals surface area contributed by atoms with E-state index in [2.05, 4.69) is 20.3 Å². The number of nitrogens with one attached hydrogen (secondary N) is 2. The van der Waals surface area contributed by atoms with Crippen LogP contribution < -0.4 is 5.32 Å². The van der Waals surface area contributed by atoms with Gasteiger partial charge in [-0.3, -0.25) is 4.79 Å². The summed E-state index contributed by atoms with van der Waals surface area (Å²) < 4.78 is 43.0. The number of hydrogen-bond acceptors (Lipinski definition) is 6. The molecule has 34 heavy (non-hydrogen) atoms. The molecule has 0 aliphatic carbocycles. The molecule has 7 nitrogen and oxygen atoms in total. The van der Waals surface area contributed by atoms with E-state index in [9.17, 15) is 28.3 Å². The van der Waals surface area contributed by atoms with Crippen LogP contribution in [0.1, 0.15) is 30.8 Å². The van der Waals surface area contributed by atoms with E-state index in [4.69, 9.17) is 0 Å². The molecular weight excluding hydrogens is 467 g/mol. The van der Waals surface area contributed by atoms with Gasteiger partial charge in [0.2, 0.25) is 0 Å². The fourth-order valence-electron chi connectivity index (χ4n) is 3.75. The fraction of sp³-hybridized carbons (Fsp3) is 0.217. The Kier molecular flexibility index (Phi) is 6.01. The highest BCUT2D eigenvalue weighted by atomic mass is 32.1. The molecule has 3 aromatic heterocycles. The van der Waals surface area contributed by atoms with Gasteiger partial charge in [-0.2, -0.15) is 5.26 Å². The van der Waals surface area contributed by atoms with E-state index >= 15 is 0 Å². The molecule has 11 heteroatoms. The molecular formula is C23H18F3N5O2S. The topological polar surface area (TPSA) is 115 Å². The van der Waals surface area contributed by atoms with E-state index in [-0.39, 0.29) is 40.0 Å². The van der Waals surface area contributed by atoms with Crippen molar-refractivity contribution in [2.45, 2.75) is 31.7 Å². The van der Waals surface area contributed by atoms with Crippen LogP contribution in [-0.4, -0.2) is 32.1 Å². The van der Waals surface area contributed by atoms with Crippen LogP contribution in [0.3, 0.4) is 0 Å². The Morgan fingerprint density at radius 3 is 2.71 bits per heavy atom. The number of aliphatic carboxylic acids is 1. The third-order valence-corrected chi connectivity index (χ3v) is 6.71. The minimum Gasteiger partial charge on any atom is -0.481 e. The van der Waals surface area contributed by atoms with Crippen LogP contribution in [0.2, 0.25) is 0 Å². The lowest BCUT2D eigenvalue weighted by molar-refractivity contribution is -0.137. The van der Waals surface area contributed by atoms with E-state index in [1.54, 1.807) is 25.4 Å². The minimum atomic E-state index is -1.11. The number of nitriles is 1. The Labute approximate surface area is 195 Å². The number of anilines is 1. The molecule has 0 spiro atoms. The van der Waals surface area contributed by atoms with Gasteiger partial charge in [-0.25, -0.2) is 23.1 Å². The molecule has 0 radical (unpaired) electrons. The first-order valence-electron chi connectivity index (χ1n) is 10.1. The summed E-state index contributed by atoms with van der Waals surface area (Å²) in [7, 11) is 0. The van der Waals surface area contributed by atoms with Gasteiger partial charge < -0.3 is 15.4 Å². The van der Waals surface area contributed by atoms with E-state index < -0.39 is 34.9 Å². The number of carboxylic acid groups (broad SMARTS) is 1. The van der Waals surface area contributed by atoms with Crippen molar-refractivity contribution in [1.29, 1.82) is 5.26 Å². The van der Waals surface area contributed by atoms with Gasteiger partial charge in [0.1, 0.15) is 22.7 Å². The van der Waals surface area contributed by atoms with E-state index in [1.165, 1.54) is 17.5 Å². The predicted octanol–water partition coefficient (Wildman–Crippen LogP) is 5.21. The molecule has 0 saturated heterocycles. The van der Waals surface area contributed by atoms with Crippen LogP contribution in [-0.2, 0) is 10.2 Å². The zero-order valence-corrected chi connectivity index (χ0v) is 18.8. The average Bonchev–Trinajstić information content (AvgIpc) is 3.44. The number of thiazole rings is 1. The van der Waals surface area contributed by atoms with Crippen molar-refractivity contribution in [3.8, 4) is 17.3 Å². The van der Waals surface area contributed by atoms with Crippen molar-refractivity contribution in [2.24, 2.45) is 0 Å². The summed E-state index contributed by atoms with van der Waals surface area (Å²) in [6.07, 6.45) is 2.58. The first kappa shape index (κ1) is 23.3. The molecule has 4 aromatic rings. The van der Waals surface area contributed by atoms with E-state index in [0.29, 0.717) is 5.01 Å². The number of fused-ring (bicyclic) bond motifs is 1. The zero-order valence-electron chi connectivity index (χ0n) is 18.0. The van der Waals surface area contributed by atoms with Gasteiger partial charge in [0.15, 0.2) is 11.6 Å². The summed E-state index contributed by atoms with van der Waals surface area (Å²) >= 11 is 1.33. The van der Waals surface area contributed by atoms with Gasteiger partial charge in [-0.05, 0) is 12.1 Å². The number of carboxylic acids is 1. The van der Waals surface area contributed by atoms with Crippen molar-refractivity contribution < 1.29 is 23.1 Å². The number of aromatic amines is 1. The van der Waals surface area contributed by atoms with Crippen LogP contribution in [0, 0.1) is 28.8 Å². The maximum atomic E-state index is 15.0. The smallest absolute Gasteiger partial charge is 0.305 e. The first-order valence-corrected chi connectivity index (χ1v) is 10.9. The largest absolute Gasteiger partial charge is 0.481 e. The molecule has 3 heterocycles. The molecule has 1 atom stereocenters. The van der Waals surface area contributed by atoms with Gasteiger partial charge in [-0.1, -0.05) is 13.8 Å². The molecule has 0 amide bonds. The molecule has 174 valence electrons. The van der Waals surface area contributed by atoms with Crippen molar-refractivity contribution in [2.75, 3.05) is 5.32 Å². The standard InChI is InChI=1S/C23H18F3N5O2S/c1-23(2,22-28-3-4-34-22)17(8-18(32)33)30-21-16(26)5-11(9-27)19(31-21)14-10-29-20-13(14)6-12(24)7-15(20)25/h3-7,10,17,29H,8H2,1-2H3,(H,30,31)(H,32,33). The molecule has 1 unspecified atom stereocenters. The third-order valence-electron chi connectivity index (χ3n) is 5.60. The van der Waals surface area contributed by atoms with Crippen LogP contribution >= 0.6 is 11.3 Å². The summed E-state index contributed by atoms with van der Waals surface area (Å²) in [4.78, 5) is 22.8. The number of aromatic nitrogens is 3. The lowest BCUT2D eigenvalue weighted by atomic mass is 9.83. The molecule has 0 aliphatic heterocycles. The molecule has 3 N–H and O–H groups in total. The Bertz CT molecular complexity index is 1430. The number of rotatable bonds is 7. The lowest BCUT2D eigenvalue weighted by Crippen LogP contribution is -2.41. The summed E-state index contributed by atoms with van der Waals surface area (Å²) in [5.74, 6) is -3.93. The molecule has 0 aliphatic rings. The molecule has 0 bridgehead atoms. The lowest BCUT2D eigenvalue weighted by Gasteiger charge is -2.33. The summed E-state index contributed by atoms with van der Waals surface area (Å²) in [5, 5.41) is 24.4. The maximum absolute atomic E-state index is 15.0. The van der Waals surface area contributed by atoms with Gasteiger partial charge in [0.05, 0.1) is 23.2 Å². The van der Waals surface area contributed by atoms with Gasteiger partial charge in [0, 0.05) is 46.2 Å². The third kappa shape index (κ3) is 4.20. The first-order chi connectivity index (χ1) is 16.1. The van der Waals surface area contributed by atoms with E-state index in [0.717, 1.165) is 18.2 Å². The number of benzene rings is 1. The second-order valence-electron chi connectivity index (χ2n) is 8.19. The molecule has 1 aromatic carbocycles. The predicted molar refractivity (Wildman–Crippen MR) is 121 cm³/mol. The molecule has 0 saturated carbocycles. The number of nitrogens with zero attached hydrogens (tertiary/aromatic N) is 3. The monoisotopic (exact) mass is 485 g/mol. The van der Waals surface area contributed by atoms with Crippen molar-refractivity contribution in [3.05, 3.63) is 64.0 Å². The number of H-pyrrole nitrogens is 1. The Hall–Kier alpha value is -3.91.